The minimum atomic E-state index is -3.52. The topological polar surface area (TPSA) is 83.3 Å². The standard InChI is InChI=1S/C17H17N3O3S2/c18-11-14-3-1-2-4-15(14)13-24-17-6-5-16(12-19-17)25(21,22)20-7-9-23-10-8-20/h1-6,12H,7-10,13H2. The molecule has 0 N–H and O–H groups in total. The highest BCUT2D eigenvalue weighted by atomic mass is 32.2. The average molecular weight is 375 g/mol. The number of aromatic nitrogens is 1. The fourth-order valence-corrected chi connectivity index (χ4v) is 4.65. The fraction of sp³-hybridized carbons (Fsp3) is 0.294. The van der Waals surface area contributed by atoms with E-state index < -0.39 is 10.0 Å². The number of benzene rings is 1. The zero-order valence-corrected chi connectivity index (χ0v) is 15.1. The Kier molecular flexibility index (Phi) is 5.71. The van der Waals surface area contributed by atoms with Crippen molar-refractivity contribution in [2.75, 3.05) is 26.3 Å². The molecule has 25 heavy (non-hydrogen) atoms. The summed E-state index contributed by atoms with van der Waals surface area (Å²) < 4.78 is 31.7. The number of hydrogen-bond donors (Lipinski definition) is 0. The number of hydrogen-bond acceptors (Lipinski definition) is 6. The molecule has 0 atom stereocenters. The Hall–Kier alpha value is -1.92. The number of nitriles is 1. The van der Waals surface area contributed by atoms with Gasteiger partial charge in [0.2, 0.25) is 10.0 Å². The smallest absolute Gasteiger partial charge is 0.244 e. The molecule has 0 saturated carbocycles. The lowest BCUT2D eigenvalue weighted by molar-refractivity contribution is 0.0730. The van der Waals surface area contributed by atoms with Crippen LogP contribution in [-0.2, 0) is 20.5 Å². The van der Waals surface area contributed by atoms with Gasteiger partial charge in [-0.1, -0.05) is 18.2 Å². The highest BCUT2D eigenvalue weighted by Gasteiger charge is 2.26. The summed E-state index contributed by atoms with van der Waals surface area (Å²) in [7, 11) is -3.52. The van der Waals surface area contributed by atoms with Crippen molar-refractivity contribution in [3.05, 3.63) is 53.7 Å². The Labute approximate surface area is 151 Å². The van der Waals surface area contributed by atoms with Gasteiger partial charge in [-0.25, -0.2) is 13.4 Å². The third-order valence-electron chi connectivity index (χ3n) is 3.83. The van der Waals surface area contributed by atoms with Gasteiger partial charge in [0.1, 0.15) is 4.90 Å². The van der Waals surface area contributed by atoms with Crippen LogP contribution in [0.3, 0.4) is 0 Å². The summed E-state index contributed by atoms with van der Waals surface area (Å²) in [6, 6.07) is 12.9. The molecule has 0 spiro atoms. The van der Waals surface area contributed by atoms with Crippen molar-refractivity contribution in [3.63, 3.8) is 0 Å². The minimum Gasteiger partial charge on any atom is -0.379 e. The second-order valence-corrected chi connectivity index (χ2v) is 8.34. The normalized spacial score (nSPS) is 15.6. The number of rotatable bonds is 5. The van der Waals surface area contributed by atoms with Crippen LogP contribution in [0.2, 0.25) is 0 Å². The van der Waals surface area contributed by atoms with Gasteiger partial charge < -0.3 is 4.74 Å². The third-order valence-corrected chi connectivity index (χ3v) is 6.71. The average Bonchev–Trinajstić information content (AvgIpc) is 2.67. The first kappa shape index (κ1) is 17.9. The molecule has 0 amide bonds. The molecule has 0 radical (unpaired) electrons. The third kappa shape index (κ3) is 4.19. The van der Waals surface area contributed by atoms with Crippen LogP contribution >= 0.6 is 11.8 Å². The molecular weight excluding hydrogens is 358 g/mol. The molecule has 0 bridgehead atoms. The molecule has 2 heterocycles. The number of thioether (sulfide) groups is 1. The summed E-state index contributed by atoms with van der Waals surface area (Å²) in [6.45, 7) is 1.56. The van der Waals surface area contributed by atoms with Gasteiger partial charge in [-0.15, -0.1) is 11.8 Å². The molecule has 8 heteroatoms. The van der Waals surface area contributed by atoms with Gasteiger partial charge in [0, 0.05) is 25.0 Å². The largest absolute Gasteiger partial charge is 0.379 e. The van der Waals surface area contributed by atoms with Crippen LogP contribution in [0.4, 0.5) is 0 Å². The summed E-state index contributed by atoms with van der Waals surface area (Å²) in [5.74, 6) is 0.603. The molecule has 1 saturated heterocycles. The minimum absolute atomic E-state index is 0.191. The van der Waals surface area contributed by atoms with E-state index in [4.69, 9.17) is 10.00 Å². The maximum atomic E-state index is 12.5. The van der Waals surface area contributed by atoms with Crippen molar-refractivity contribution in [2.24, 2.45) is 0 Å². The molecule has 6 nitrogen and oxygen atoms in total. The van der Waals surface area contributed by atoms with Crippen molar-refractivity contribution in [1.29, 1.82) is 5.26 Å². The van der Waals surface area contributed by atoms with E-state index in [2.05, 4.69) is 11.1 Å². The van der Waals surface area contributed by atoms with Gasteiger partial charge in [-0.05, 0) is 23.8 Å². The molecule has 0 aliphatic carbocycles. The lowest BCUT2D eigenvalue weighted by atomic mass is 10.1. The van der Waals surface area contributed by atoms with Gasteiger partial charge in [0.05, 0.1) is 29.9 Å². The van der Waals surface area contributed by atoms with Gasteiger partial charge in [0.15, 0.2) is 0 Å². The van der Waals surface area contributed by atoms with Crippen LogP contribution < -0.4 is 0 Å². The Morgan fingerprint density at radius 3 is 2.64 bits per heavy atom. The number of nitrogens with zero attached hydrogens (tertiary/aromatic N) is 3. The maximum absolute atomic E-state index is 12.5. The number of ether oxygens (including phenoxy) is 1. The van der Waals surface area contributed by atoms with E-state index in [1.807, 2.05) is 18.2 Å². The van der Waals surface area contributed by atoms with Crippen molar-refractivity contribution < 1.29 is 13.2 Å². The molecule has 1 aromatic carbocycles. The van der Waals surface area contributed by atoms with E-state index in [-0.39, 0.29) is 4.90 Å². The number of pyridine rings is 1. The Balaban J connectivity index is 1.69. The first-order chi connectivity index (χ1) is 12.1. The molecule has 3 rings (SSSR count). The fourth-order valence-electron chi connectivity index (χ4n) is 2.45. The molecule has 0 unspecified atom stereocenters. The lowest BCUT2D eigenvalue weighted by Crippen LogP contribution is -2.40. The van der Waals surface area contributed by atoms with Crippen LogP contribution in [0.15, 0.2) is 52.5 Å². The van der Waals surface area contributed by atoms with E-state index in [9.17, 15) is 8.42 Å². The van der Waals surface area contributed by atoms with E-state index in [1.54, 1.807) is 18.2 Å². The molecular formula is C17H17N3O3S2. The van der Waals surface area contributed by atoms with E-state index in [1.165, 1.54) is 22.3 Å². The van der Waals surface area contributed by atoms with Crippen molar-refractivity contribution >= 4 is 21.8 Å². The van der Waals surface area contributed by atoms with Gasteiger partial charge in [-0.3, -0.25) is 0 Å². The Morgan fingerprint density at radius 1 is 1.20 bits per heavy atom. The second kappa shape index (κ2) is 7.97. The monoisotopic (exact) mass is 375 g/mol. The summed E-state index contributed by atoms with van der Waals surface area (Å²) in [5, 5.41) is 9.83. The van der Waals surface area contributed by atoms with Crippen LogP contribution in [0.5, 0.6) is 0 Å². The summed E-state index contributed by atoms with van der Waals surface area (Å²) >= 11 is 1.47. The molecule has 1 fully saturated rings. The van der Waals surface area contributed by atoms with E-state index >= 15 is 0 Å². The highest BCUT2D eigenvalue weighted by molar-refractivity contribution is 7.98. The molecule has 130 valence electrons. The SMILES string of the molecule is N#Cc1ccccc1CSc1ccc(S(=O)(=O)N2CCOCC2)cn1. The maximum Gasteiger partial charge on any atom is 0.244 e. The number of sulfonamides is 1. The van der Waals surface area contributed by atoms with Crippen molar-refractivity contribution in [2.45, 2.75) is 15.7 Å². The molecule has 1 aromatic heterocycles. The summed E-state index contributed by atoms with van der Waals surface area (Å²) in [5.41, 5.74) is 1.57. The van der Waals surface area contributed by atoms with Gasteiger partial charge >= 0.3 is 0 Å². The first-order valence-electron chi connectivity index (χ1n) is 7.76. The van der Waals surface area contributed by atoms with Gasteiger partial charge in [-0.2, -0.15) is 9.57 Å². The molecule has 1 aliphatic rings. The predicted molar refractivity (Wildman–Crippen MR) is 94.5 cm³/mol. The van der Waals surface area contributed by atoms with Crippen molar-refractivity contribution in [1.82, 2.24) is 9.29 Å². The molecule has 2 aromatic rings. The van der Waals surface area contributed by atoms with E-state index in [0.717, 1.165) is 5.56 Å². The van der Waals surface area contributed by atoms with Gasteiger partial charge in [0.25, 0.3) is 0 Å². The quantitative estimate of drug-likeness (QED) is 0.746. The summed E-state index contributed by atoms with van der Waals surface area (Å²) in [6.07, 6.45) is 1.39. The van der Waals surface area contributed by atoms with E-state index in [0.29, 0.717) is 42.6 Å². The molecule has 1 aliphatic heterocycles. The number of morpholine rings is 1. The highest BCUT2D eigenvalue weighted by Crippen LogP contribution is 2.24. The Bertz CT molecular complexity index is 871. The zero-order valence-electron chi connectivity index (χ0n) is 13.5. The lowest BCUT2D eigenvalue weighted by Gasteiger charge is -2.25. The zero-order chi connectivity index (χ0) is 17.7. The van der Waals surface area contributed by atoms with Crippen LogP contribution in [0.25, 0.3) is 0 Å². The van der Waals surface area contributed by atoms with Crippen LogP contribution in [-0.4, -0.2) is 44.0 Å². The van der Waals surface area contributed by atoms with Crippen molar-refractivity contribution in [3.8, 4) is 6.07 Å². The van der Waals surface area contributed by atoms with Crippen LogP contribution in [0.1, 0.15) is 11.1 Å². The first-order valence-corrected chi connectivity index (χ1v) is 10.2. The second-order valence-electron chi connectivity index (χ2n) is 5.41. The van der Waals surface area contributed by atoms with Crippen LogP contribution in [0, 0.1) is 11.3 Å². The summed E-state index contributed by atoms with van der Waals surface area (Å²) in [4.78, 5) is 4.44. The predicted octanol–water partition coefficient (Wildman–Crippen LogP) is 2.27. The Morgan fingerprint density at radius 2 is 1.96 bits per heavy atom.